The maximum Gasteiger partial charge on any atom is 0.216 e. The molecule has 8 heteroatoms. The van der Waals surface area contributed by atoms with E-state index in [4.69, 9.17) is 33.3 Å². The van der Waals surface area contributed by atoms with Crippen LogP contribution in [-0.2, 0) is 6.42 Å². The highest BCUT2D eigenvalue weighted by atomic mass is 35.5. The summed E-state index contributed by atoms with van der Waals surface area (Å²) < 4.78 is 13.1. The summed E-state index contributed by atoms with van der Waals surface area (Å²) in [6.07, 6.45) is 10.4. The van der Waals surface area contributed by atoms with E-state index in [0.717, 1.165) is 30.1 Å². The zero-order valence-corrected chi connectivity index (χ0v) is 18.0. The first-order valence-corrected chi connectivity index (χ1v) is 10.6. The number of aryl methyl sites for hydroxylation is 1. The van der Waals surface area contributed by atoms with Crippen molar-refractivity contribution in [1.82, 2.24) is 14.9 Å². The summed E-state index contributed by atoms with van der Waals surface area (Å²) >= 11 is 11.7. The number of ether oxygens (including phenoxy) is 2. The van der Waals surface area contributed by atoms with Crippen molar-refractivity contribution >= 4 is 30.0 Å². The minimum absolute atomic E-state index is 0.482. The lowest BCUT2D eigenvalue weighted by molar-refractivity contribution is 0.311. The normalized spacial score (nSPS) is 15.2. The highest BCUT2D eigenvalue weighted by Crippen LogP contribution is 2.36. The molecule has 0 atom stereocenters. The average molecular weight is 423 g/mol. The quantitative estimate of drug-likeness (QED) is 0.457. The number of rotatable bonds is 8. The number of nitrogens with zero attached hydrogens (tertiary/aromatic N) is 3. The molecule has 1 aliphatic rings. The molecule has 0 aliphatic heterocycles. The summed E-state index contributed by atoms with van der Waals surface area (Å²) in [4.78, 5) is 0. The fourth-order valence-electron chi connectivity index (χ4n) is 3.64. The minimum Gasteiger partial charge on any atom is -0.493 e. The molecule has 0 radical (unpaired) electrons. The van der Waals surface area contributed by atoms with Gasteiger partial charge in [0, 0.05) is 6.42 Å². The van der Waals surface area contributed by atoms with Gasteiger partial charge >= 0.3 is 0 Å². The number of halogens is 1. The summed E-state index contributed by atoms with van der Waals surface area (Å²) in [7, 11) is 1.59. The predicted molar refractivity (Wildman–Crippen MR) is 114 cm³/mol. The summed E-state index contributed by atoms with van der Waals surface area (Å²) in [6, 6.07) is 3.63. The van der Waals surface area contributed by atoms with Crippen LogP contribution in [0, 0.1) is 10.7 Å². The molecule has 0 bridgehead atoms. The molecule has 2 aromatic rings. The van der Waals surface area contributed by atoms with Crippen LogP contribution in [0.3, 0.4) is 0 Å². The van der Waals surface area contributed by atoms with Crippen LogP contribution in [0.5, 0.6) is 11.5 Å². The first-order chi connectivity index (χ1) is 13.6. The zero-order chi connectivity index (χ0) is 19.9. The standard InChI is InChI=1S/C20H27ClN4O2S/c1-3-27-19-16(21)11-15(12-17(19)26-2)13-22-25-18(23-24-20(25)28)10-9-14-7-5-4-6-8-14/h11-14H,3-10H2,1-2H3,(H,24,28)/b22-13-. The van der Waals surface area contributed by atoms with Gasteiger partial charge in [0.05, 0.1) is 25.0 Å². The third-order valence-electron chi connectivity index (χ3n) is 5.08. The van der Waals surface area contributed by atoms with E-state index in [2.05, 4.69) is 15.3 Å². The van der Waals surface area contributed by atoms with Crippen molar-refractivity contribution < 1.29 is 9.47 Å². The minimum atomic E-state index is 0.482. The largest absolute Gasteiger partial charge is 0.493 e. The smallest absolute Gasteiger partial charge is 0.216 e. The molecule has 1 aliphatic carbocycles. The Bertz CT molecular complexity index is 872. The second-order valence-electron chi connectivity index (χ2n) is 7.01. The molecule has 152 valence electrons. The van der Waals surface area contributed by atoms with Crippen LogP contribution < -0.4 is 9.47 Å². The van der Waals surface area contributed by atoms with E-state index < -0.39 is 0 Å². The highest BCUT2D eigenvalue weighted by Gasteiger charge is 2.15. The van der Waals surface area contributed by atoms with Crippen molar-refractivity contribution in [3.05, 3.63) is 33.3 Å². The molecule has 6 nitrogen and oxygen atoms in total. The van der Waals surface area contributed by atoms with Crippen LogP contribution in [0.15, 0.2) is 17.2 Å². The second kappa shape index (κ2) is 10.1. The van der Waals surface area contributed by atoms with Crippen molar-refractivity contribution in [1.29, 1.82) is 0 Å². The molecular formula is C20H27ClN4O2S. The first-order valence-electron chi connectivity index (χ1n) is 9.83. The second-order valence-corrected chi connectivity index (χ2v) is 7.81. The SMILES string of the molecule is CCOc1c(Cl)cc(/C=N\n2c(CCC3CCCCC3)n[nH]c2=S)cc1OC. The van der Waals surface area contributed by atoms with Crippen molar-refractivity contribution in [2.24, 2.45) is 11.0 Å². The third-order valence-corrected chi connectivity index (χ3v) is 5.63. The summed E-state index contributed by atoms with van der Waals surface area (Å²) in [5, 5.41) is 12.2. The van der Waals surface area contributed by atoms with E-state index >= 15 is 0 Å². The van der Waals surface area contributed by atoms with Gasteiger partial charge in [-0.3, -0.25) is 5.10 Å². The number of nitrogens with one attached hydrogen (secondary N) is 1. The third kappa shape index (κ3) is 5.14. The van der Waals surface area contributed by atoms with Crippen LogP contribution in [0.2, 0.25) is 5.02 Å². The van der Waals surface area contributed by atoms with E-state index in [9.17, 15) is 0 Å². The number of benzene rings is 1. The molecule has 28 heavy (non-hydrogen) atoms. The van der Waals surface area contributed by atoms with Crippen molar-refractivity contribution in [3.8, 4) is 11.5 Å². The maximum absolute atomic E-state index is 6.34. The zero-order valence-electron chi connectivity index (χ0n) is 16.4. The number of hydrogen-bond acceptors (Lipinski definition) is 5. The lowest BCUT2D eigenvalue weighted by Gasteiger charge is -2.20. The van der Waals surface area contributed by atoms with Gasteiger partial charge < -0.3 is 9.47 Å². The van der Waals surface area contributed by atoms with Crippen molar-refractivity contribution in [2.45, 2.75) is 51.9 Å². The molecule has 1 aromatic heterocycles. The Morgan fingerprint density at radius 3 is 2.86 bits per heavy atom. The fraction of sp³-hybridized carbons (Fsp3) is 0.550. The molecule has 1 saturated carbocycles. The Morgan fingerprint density at radius 2 is 2.14 bits per heavy atom. The Hall–Kier alpha value is -1.86. The molecule has 3 rings (SSSR count). The van der Waals surface area contributed by atoms with Gasteiger partial charge in [0.2, 0.25) is 4.77 Å². The van der Waals surface area contributed by atoms with Crippen LogP contribution in [0.1, 0.15) is 56.8 Å². The van der Waals surface area contributed by atoms with Crippen LogP contribution in [0.4, 0.5) is 0 Å². The van der Waals surface area contributed by atoms with Gasteiger partial charge in [0.25, 0.3) is 0 Å². The van der Waals surface area contributed by atoms with Crippen LogP contribution >= 0.6 is 23.8 Å². The summed E-state index contributed by atoms with van der Waals surface area (Å²) in [5.41, 5.74) is 0.798. The first kappa shape index (κ1) is 20.9. The van der Waals surface area contributed by atoms with Gasteiger partial charge in [-0.15, -0.1) is 0 Å². The molecule has 1 heterocycles. The molecular weight excluding hydrogens is 396 g/mol. The van der Waals surface area contributed by atoms with Crippen LogP contribution in [0.25, 0.3) is 0 Å². The van der Waals surface area contributed by atoms with Gasteiger partial charge in [0.1, 0.15) is 0 Å². The molecule has 1 fully saturated rings. The van der Waals surface area contributed by atoms with E-state index in [-0.39, 0.29) is 0 Å². The Balaban J connectivity index is 1.76. The lowest BCUT2D eigenvalue weighted by atomic mass is 9.86. The fourth-order valence-corrected chi connectivity index (χ4v) is 4.11. The lowest BCUT2D eigenvalue weighted by Crippen LogP contribution is -2.09. The number of H-pyrrole nitrogens is 1. The van der Waals surface area contributed by atoms with E-state index in [1.807, 2.05) is 13.0 Å². The van der Waals surface area contributed by atoms with Gasteiger partial charge in [-0.1, -0.05) is 43.7 Å². The summed E-state index contributed by atoms with van der Waals surface area (Å²) in [6.45, 7) is 2.42. The molecule has 0 spiro atoms. The molecule has 0 unspecified atom stereocenters. The number of hydrogen-bond donors (Lipinski definition) is 1. The number of aromatic amines is 1. The molecule has 0 amide bonds. The van der Waals surface area contributed by atoms with Crippen molar-refractivity contribution in [3.63, 3.8) is 0 Å². The monoisotopic (exact) mass is 422 g/mol. The number of aromatic nitrogens is 3. The Kier molecular flexibility index (Phi) is 7.50. The highest BCUT2D eigenvalue weighted by molar-refractivity contribution is 7.71. The predicted octanol–water partition coefficient (Wildman–Crippen LogP) is 5.40. The van der Waals surface area contributed by atoms with Crippen molar-refractivity contribution in [2.75, 3.05) is 13.7 Å². The Labute approximate surface area is 175 Å². The summed E-state index contributed by atoms with van der Waals surface area (Å²) in [5.74, 6) is 2.75. The molecule has 1 N–H and O–H groups in total. The molecule has 1 aromatic carbocycles. The van der Waals surface area contributed by atoms with E-state index in [1.54, 1.807) is 24.1 Å². The van der Waals surface area contributed by atoms with Crippen LogP contribution in [-0.4, -0.2) is 34.8 Å². The maximum atomic E-state index is 6.34. The number of methoxy groups -OCH3 is 1. The Morgan fingerprint density at radius 1 is 1.36 bits per heavy atom. The van der Waals surface area contributed by atoms with Gasteiger partial charge in [0.15, 0.2) is 17.3 Å². The topological polar surface area (TPSA) is 64.4 Å². The molecule has 0 saturated heterocycles. The van der Waals surface area contributed by atoms with Gasteiger partial charge in [-0.05, 0) is 49.2 Å². The van der Waals surface area contributed by atoms with Gasteiger partial charge in [-0.25, -0.2) is 0 Å². The van der Waals surface area contributed by atoms with E-state index in [0.29, 0.717) is 27.9 Å². The average Bonchev–Trinajstić information content (AvgIpc) is 3.06. The van der Waals surface area contributed by atoms with Gasteiger partial charge in [-0.2, -0.15) is 14.9 Å². The van der Waals surface area contributed by atoms with E-state index in [1.165, 1.54) is 32.1 Å².